The molecule has 3 rings (SSSR count). The number of carbonyl (C=O) groups is 2. The molecule has 0 bridgehead atoms. The van der Waals surface area contributed by atoms with Crippen molar-refractivity contribution in [3.05, 3.63) is 72.2 Å². The molecule has 0 spiro atoms. The molecule has 1 N–H and O–H groups in total. The molecule has 0 radical (unpaired) electrons. The molecule has 28 heavy (non-hydrogen) atoms. The molecule has 2 aromatic carbocycles. The van der Waals surface area contributed by atoms with Gasteiger partial charge >= 0.3 is 5.97 Å². The Morgan fingerprint density at radius 2 is 1.86 bits per heavy atom. The number of aromatic nitrogens is 1. The summed E-state index contributed by atoms with van der Waals surface area (Å²) in [5.74, 6) is -1.05. The smallest absolute Gasteiger partial charge is 0.308 e. The molecular weight excluding hydrogens is 359 g/mol. The third-order valence-corrected chi connectivity index (χ3v) is 4.54. The minimum absolute atomic E-state index is 0.186. The number of para-hydroxylation sites is 1. The van der Waals surface area contributed by atoms with Gasteiger partial charge in [0.05, 0.1) is 6.42 Å². The van der Waals surface area contributed by atoms with Gasteiger partial charge in [0, 0.05) is 24.8 Å². The van der Waals surface area contributed by atoms with Gasteiger partial charge in [0.25, 0.3) is 5.91 Å². The van der Waals surface area contributed by atoms with Crippen LogP contribution in [0.1, 0.15) is 18.9 Å². The standard InChI is InChI=1S/C22H23FN2O3/c1-16(22(27)24-13-10-17-6-8-19(23)9-7-17)28-21(26)12-15-25-14-11-18-4-2-3-5-20(18)25/h2-9,11,14,16H,10,12-13,15H2,1H3,(H,24,27). The third-order valence-electron chi connectivity index (χ3n) is 4.54. The molecule has 5 nitrogen and oxygen atoms in total. The number of halogens is 1. The van der Waals surface area contributed by atoms with Crippen LogP contribution in [0.25, 0.3) is 10.9 Å². The third kappa shape index (κ3) is 5.19. The summed E-state index contributed by atoms with van der Waals surface area (Å²) in [5.41, 5.74) is 1.98. The van der Waals surface area contributed by atoms with Crippen LogP contribution in [0.15, 0.2) is 60.8 Å². The minimum Gasteiger partial charge on any atom is -0.452 e. The van der Waals surface area contributed by atoms with Crippen LogP contribution in [0.5, 0.6) is 0 Å². The average Bonchev–Trinajstić information content (AvgIpc) is 3.11. The summed E-state index contributed by atoms with van der Waals surface area (Å²) >= 11 is 0. The fraction of sp³-hybridized carbons (Fsp3) is 0.273. The number of hydrogen-bond donors (Lipinski definition) is 1. The van der Waals surface area contributed by atoms with Crippen molar-refractivity contribution in [2.75, 3.05) is 6.54 Å². The molecule has 6 heteroatoms. The molecule has 0 saturated carbocycles. The van der Waals surface area contributed by atoms with Gasteiger partial charge in [-0.2, -0.15) is 0 Å². The zero-order chi connectivity index (χ0) is 19.9. The molecule has 0 fully saturated rings. The number of aryl methyl sites for hydroxylation is 1. The number of ether oxygens (including phenoxy) is 1. The highest BCUT2D eigenvalue weighted by molar-refractivity contribution is 5.83. The second kappa shape index (κ2) is 9.17. The molecule has 3 aromatic rings. The zero-order valence-electron chi connectivity index (χ0n) is 15.7. The van der Waals surface area contributed by atoms with Gasteiger partial charge in [-0.25, -0.2) is 4.39 Å². The fourth-order valence-electron chi connectivity index (χ4n) is 2.98. The van der Waals surface area contributed by atoms with E-state index in [9.17, 15) is 14.0 Å². The van der Waals surface area contributed by atoms with E-state index in [0.29, 0.717) is 19.5 Å². The van der Waals surface area contributed by atoms with Crippen molar-refractivity contribution in [3.63, 3.8) is 0 Å². The van der Waals surface area contributed by atoms with Gasteiger partial charge in [-0.1, -0.05) is 30.3 Å². The molecule has 1 heterocycles. The largest absolute Gasteiger partial charge is 0.452 e. The predicted octanol–water partition coefficient (Wildman–Crippen LogP) is 3.46. The summed E-state index contributed by atoms with van der Waals surface area (Å²) in [6.07, 6.45) is 1.84. The van der Waals surface area contributed by atoms with E-state index in [1.54, 1.807) is 19.1 Å². The van der Waals surface area contributed by atoms with Crippen LogP contribution in [-0.2, 0) is 27.3 Å². The van der Waals surface area contributed by atoms with Crippen LogP contribution in [0.2, 0.25) is 0 Å². The molecule has 1 unspecified atom stereocenters. The summed E-state index contributed by atoms with van der Waals surface area (Å²) in [6.45, 7) is 2.43. The van der Waals surface area contributed by atoms with Crippen LogP contribution < -0.4 is 5.32 Å². The topological polar surface area (TPSA) is 60.3 Å². The van der Waals surface area contributed by atoms with Crippen molar-refractivity contribution in [1.29, 1.82) is 0 Å². The second-order valence-electron chi connectivity index (χ2n) is 6.62. The van der Waals surface area contributed by atoms with Gasteiger partial charge in [0.1, 0.15) is 5.82 Å². The molecule has 0 aliphatic heterocycles. The number of esters is 1. The fourth-order valence-corrected chi connectivity index (χ4v) is 2.98. The van der Waals surface area contributed by atoms with E-state index in [2.05, 4.69) is 5.32 Å². The Morgan fingerprint density at radius 1 is 1.11 bits per heavy atom. The number of carbonyl (C=O) groups excluding carboxylic acids is 2. The SMILES string of the molecule is CC(OC(=O)CCn1ccc2ccccc21)C(=O)NCCc1ccc(F)cc1. The Kier molecular flexibility index (Phi) is 6.42. The van der Waals surface area contributed by atoms with E-state index in [1.807, 2.05) is 41.1 Å². The van der Waals surface area contributed by atoms with Gasteiger partial charge < -0.3 is 14.6 Å². The number of fused-ring (bicyclic) bond motifs is 1. The Balaban J connectivity index is 1.40. The van der Waals surface area contributed by atoms with Gasteiger partial charge in [-0.15, -0.1) is 0 Å². The second-order valence-corrected chi connectivity index (χ2v) is 6.62. The molecule has 0 saturated heterocycles. The number of benzene rings is 2. The van der Waals surface area contributed by atoms with E-state index in [1.165, 1.54) is 12.1 Å². The Labute approximate surface area is 163 Å². The van der Waals surface area contributed by atoms with Crippen molar-refractivity contribution < 1.29 is 18.7 Å². The highest BCUT2D eigenvalue weighted by Crippen LogP contribution is 2.15. The van der Waals surface area contributed by atoms with Gasteiger partial charge in [0.15, 0.2) is 6.10 Å². The maximum atomic E-state index is 12.9. The molecule has 0 aliphatic rings. The Morgan fingerprint density at radius 3 is 2.64 bits per heavy atom. The molecule has 1 amide bonds. The van der Waals surface area contributed by atoms with Crippen LogP contribution in [0, 0.1) is 5.82 Å². The first kappa shape index (κ1) is 19.6. The first-order chi connectivity index (χ1) is 13.5. The molecule has 0 aliphatic carbocycles. The summed E-state index contributed by atoms with van der Waals surface area (Å²) in [7, 11) is 0. The van der Waals surface area contributed by atoms with E-state index >= 15 is 0 Å². The number of amides is 1. The summed E-state index contributed by atoms with van der Waals surface area (Å²) in [4.78, 5) is 24.1. The molecule has 1 atom stereocenters. The number of hydrogen-bond acceptors (Lipinski definition) is 3. The molecule has 146 valence electrons. The van der Waals surface area contributed by atoms with Crippen LogP contribution >= 0.6 is 0 Å². The lowest BCUT2D eigenvalue weighted by atomic mass is 10.1. The van der Waals surface area contributed by atoms with Gasteiger partial charge in [0.2, 0.25) is 0 Å². The summed E-state index contributed by atoms with van der Waals surface area (Å²) in [6, 6.07) is 16.1. The van der Waals surface area contributed by atoms with Crippen LogP contribution in [0.3, 0.4) is 0 Å². The first-order valence-electron chi connectivity index (χ1n) is 9.28. The number of nitrogens with zero attached hydrogens (tertiary/aromatic N) is 1. The van der Waals surface area contributed by atoms with E-state index in [-0.39, 0.29) is 18.1 Å². The molecular formula is C22H23FN2O3. The summed E-state index contributed by atoms with van der Waals surface area (Å²) in [5, 5.41) is 3.85. The van der Waals surface area contributed by atoms with E-state index in [0.717, 1.165) is 16.5 Å². The van der Waals surface area contributed by atoms with Crippen molar-refractivity contribution >= 4 is 22.8 Å². The maximum absolute atomic E-state index is 12.9. The van der Waals surface area contributed by atoms with Gasteiger partial charge in [-0.3, -0.25) is 9.59 Å². The van der Waals surface area contributed by atoms with Crippen LogP contribution in [-0.4, -0.2) is 29.1 Å². The highest BCUT2D eigenvalue weighted by atomic mass is 19.1. The Hall–Kier alpha value is -3.15. The lowest BCUT2D eigenvalue weighted by Gasteiger charge is -2.14. The van der Waals surface area contributed by atoms with Crippen molar-refractivity contribution in [2.45, 2.75) is 32.4 Å². The predicted molar refractivity (Wildman–Crippen MR) is 105 cm³/mol. The number of rotatable bonds is 8. The highest BCUT2D eigenvalue weighted by Gasteiger charge is 2.17. The lowest BCUT2D eigenvalue weighted by molar-refractivity contribution is -0.155. The van der Waals surface area contributed by atoms with Crippen molar-refractivity contribution in [2.24, 2.45) is 0 Å². The van der Waals surface area contributed by atoms with Crippen molar-refractivity contribution in [3.8, 4) is 0 Å². The number of nitrogens with one attached hydrogen (secondary N) is 1. The quantitative estimate of drug-likeness (QED) is 0.607. The zero-order valence-corrected chi connectivity index (χ0v) is 15.7. The lowest BCUT2D eigenvalue weighted by Crippen LogP contribution is -2.37. The first-order valence-corrected chi connectivity index (χ1v) is 9.28. The van der Waals surface area contributed by atoms with E-state index in [4.69, 9.17) is 4.74 Å². The van der Waals surface area contributed by atoms with Crippen LogP contribution in [0.4, 0.5) is 4.39 Å². The molecule has 1 aromatic heterocycles. The Bertz CT molecular complexity index is 950. The monoisotopic (exact) mass is 382 g/mol. The summed E-state index contributed by atoms with van der Waals surface area (Å²) < 4.78 is 20.1. The van der Waals surface area contributed by atoms with Gasteiger partial charge in [-0.05, 0) is 48.6 Å². The minimum atomic E-state index is -0.859. The average molecular weight is 382 g/mol. The normalized spacial score (nSPS) is 11.9. The van der Waals surface area contributed by atoms with E-state index < -0.39 is 12.1 Å². The maximum Gasteiger partial charge on any atom is 0.308 e. The van der Waals surface area contributed by atoms with Crippen molar-refractivity contribution in [1.82, 2.24) is 9.88 Å².